The second-order valence-electron chi connectivity index (χ2n) is 7.07. The number of phenols is 1. The van der Waals surface area contributed by atoms with Crippen molar-refractivity contribution >= 4 is 17.0 Å². The summed E-state index contributed by atoms with van der Waals surface area (Å²) < 4.78 is 7.58. The van der Waals surface area contributed by atoms with Crippen LogP contribution in [0.2, 0.25) is 0 Å². The molecule has 5 rings (SSSR count). The Morgan fingerprint density at radius 1 is 1.00 bits per heavy atom. The fourth-order valence-electron chi connectivity index (χ4n) is 4.10. The van der Waals surface area contributed by atoms with Gasteiger partial charge >= 0.3 is 0 Å². The molecule has 2 atom stereocenters. The van der Waals surface area contributed by atoms with E-state index in [-0.39, 0.29) is 12.1 Å². The number of benzene rings is 3. The number of nitrogens with one attached hydrogen (secondary N) is 1. The standard InChI is InChI=1S/C23H21N3O2/c1-28-16-12-10-15(11-13-16)21-14-19(17-6-2-5-9-22(17)27)25-23-24-18-7-3-4-8-20(18)26(21)23/h2-13,19,21,27H,14H2,1H3,(H,24,25). The van der Waals surface area contributed by atoms with Crippen molar-refractivity contribution < 1.29 is 9.84 Å². The number of phenolic OH excluding ortho intramolecular Hbond substituents is 1. The van der Waals surface area contributed by atoms with Crippen LogP contribution in [0.1, 0.15) is 29.6 Å². The molecule has 0 fully saturated rings. The van der Waals surface area contributed by atoms with Crippen LogP contribution >= 0.6 is 0 Å². The predicted molar refractivity (Wildman–Crippen MR) is 110 cm³/mol. The Morgan fingerprint density at radius 2 is 1.75 bits per heavy atom. The van der Waals surface area contributed by atoms with E-state index in [2.05, 4.69) is 28.1 Å². The molecule has 28 heavy (non-hydrogen) atoms. The molecular formula is C23H21N3O2. The van der Waals surface area contributed by atoms with Crippen molar-refractivity contribution in [2.24, 2.45) is 0 Å². The van der Waals surface area contributed by atoms with Gasteiger partial charge in [0.05, 0.1) is 30.2 Å². The van der Waals surface area contributed by atoms with E-state index in [1.165, 1.54) is 5.56 Å². The van der Waals surface area contributed by atoms with E-state index in [0.29, 0.717) is 5.75 Å². The first-order chi connectivity index (χ1) is 13.7. The molecule has 2 N–H and O–H groups in total. The third-order valence-corrected chi connectivity index (χ3v) is 5.48. The number of ether oxygens (including phenoxy) is 1. The summed E-state index contributed by atoms with van der Waals surface area (Å²) in [5.41, 5.74) is 4.13. The maximum Gasteiger partial charge on any atom is 0.204 e. The van der Waals surface area contributed by atoms with Gasteiger partial charge in [0.25, 0.3) is 0 Å². The van der Waals surface area contributed by atoms with E-state index in [1.807, 2.05) is 48.5 Å². The lowest BCUT2D eigenvalue weighted by molar-refractivity contribution is 0.413. The van der Waals surface area contributed by atoms with E-state index in [1.54, 1.807) is 13.2 Å². The van der Waals surface area contributed by atoms with E-state index < -0.39 is 0 Å². The van der Waals surface area contributed by atoms with Crippen LogP contribution in [0.25, 0.3) is 11.0 Å². The molecule has 1 aliphatic rings. The molecule has 140 valence electrons. The molecule has 0 bridgehead atoms. The highest BCUT2D eigenvalue weighted by Crippen LogP contribution is 2.42. The number of aromatic hydroxyl groups is 1. The van der Waals surface area contributed by atoms with Gasteiger partial charge in [0.2, 0.25) is 5.95 Å². The summed E-state index contributed by atoms with van der Waals surface area (Å²) in [6.45, 7) is 0. The quantitative estimate of drug-likeness (QED) is 0.538. The minimum absolute atomic E-state index is 0.0300. The number of fused-ring (bicyclic) bond motifs is 3. The molecule has 0 saturated heterocycles. The average molecular weight is 371 g/mol. The van der Waals surface area contributed by atoms with Crippen molar-refractivity contribution in [3.63, 3.8) is 0 Å². The number of methoxy groups -OCH3 is 1. The van der Waals surface area contributed by atoms with E-state index in [0.717, 1.165) is 34.7 Å². The lowest BCUT2D eigenvalue weighted by Crippen LogP contribution is -2.27. The second kappa shape index (κ2) is 6.60. The topological polar surface area (TPSA) is 59.3 Å². The van der Waals surface area contributed by atoms with Gasteiger partial charge in [-0.1, -0.05) is 42.5 Å². The molecular weight excluding hydrogens is 350 g/mol. The van der Waals surface area contributed by atoms with Crippen molar-refractivity contribution in [1.82, 2.24) is 9.55 Å². The van der Waals surface area contributed by atoms with Gasteiger partial charge in [-0.2, -0.15) is 0 Å². The van der Waals surface area contributed by atoms with E-state index >= 15 is 0 Å². The third kappa shape index (κ3) is 2.67. The van der Waals surface area contributed by atoms with Gasteiger partial charge in [-0.15, -0.1) is 0 Å². The van der Waals surface area contributed by atoms with Gasteiger partial charge in [-0.25, -0.2) is 4.98 Å². The molecule has 0 spiro atoms. The highest BCUT2D eigenvalue weighted by molar-refractivity contribution is 5.79. The maximum absolute atomic E-state index is 10.4. The van der Waals surface area contributed by atoms with Crippen LogP contribution in [0, 0.1) is 0 Å². The highest BCUT2D eigenvalue weighted by Gasteiger charge is 2.31. The molecule has 1 aromatic heterocycles. The fourth-order valence-corrected chi connectivity index (χ4v) is 4.10. The monoisotopic (exact) mass is 371 g/mol. The van der Waals surface area contributed by atoms with Crippen LogP contribution in [0.3, 0.4) is 0 Å². The number of nitrogens with zero attached hydrogens (tertiary/aromatic N) is 2. The molecule has 3 aromatic carbocycles. The maximum atomic E-state index is 10.4. The summed E-state index contributed by atoms with van der Waals surface area (Å²) >= 11 is 0. The first-order valence-electron chi connectivity index (χ1n) is 9.40. The van der Waals surface area contributed by atoms with Crippen LogP contribution in [-0.2, 0) is 0 Å². The highest BCUT2D eigenvalue weighted by atomic mass is 16.5. The Bertz CT molecular complexity index is 1130. The van der Waals surface area contributed by atoms with Crippen molar-refractivity contribution in [3.05, 3.63) is 83.9 Å². The average Bonchev–Trinajstić information content (AvgIpc) is 3.12. The predicted octanol–water partition coefficient (Wildman–Crippen LogP) is 4.90. The Morgan fingerprint density at radius 3 is 2.54 bits per heavy atom. The van der Waals surface area contributed by atoms with Gasteiger partial charge in [-0.05, 0) is 42.3 Å². The largest absolute Gasteiger partial charge is 0.508 e. The minimum atomic E-state index is -0.0300. The summed E-state index contributed by atoms with van der Waals surface area (Å²) in [7, 11) is 1.68. The summed E-state index contributed by atoms with van der Waals surface area (Å²) in [6.07, 6.45) is 0.803. The van der Waals surface area contributed by atoms with Gasteiger partial charge in [0, 0.05) is 5.56 Å². The van der Waals surface area contributed by atoms with Crippen molar-refractivity contribution in [2.45, 2.75) is 18.5 Å². The zero-order chi connectivity index (χ0) is 19.1. The van der Waals surface area contributed by atoms with Gasteiger partial charge in [0.1, 0.15) is 11.5 Å². The summed E-state index contributed by atoms with van der Waals surface area (Å²) in [5.74, 6) is 1.96. The summed E-state index contributed by atoms with van der Waals surface area (Å²) in [5, 5.41) is 13.9. The molecule has 4 aromatic rings. The van der Waals surface area contributed by atoms with E-state index in [9.17, 15) is 5.11 Å². The van der Waals surface area contributed by atoms with Gasteiger partial charge in [-0.3, -0.25) is 0 Å². The number of rotatable bonds is 3. The van der Waals surface area contributed by atoms with E-state index in [4.69, 9.17) is 9.72 Å². The fraction of sp³-hybridized carbons (Fsp3) is 0.174. The molecule has 0 aliphatic carbocycles. The lowest BCUT2D eigenvalue weighted by Gasteiger charge is -2.33. The SMILES string of the molecule is COc1ccc(C2CC(c3ccccc3O)Nc3nc4ccccc4n32)cc1. The second-order valence-corrected chi connectivity index (χ2v) is 7.07. The number of imidazole rings is 1. The Labute approximate surface area is 163 Å². The summed E-state index contributed by atoms with van der Waals surface area (Å²) in [6, 6.07) is 23.9. The van der Waals surface area contributed by atoms with Crippen molar-refractivity contribution in [2.75, 3.05) is 12.4 Å². The van der Waals surface area contributed by atoms with Crippen LogP contribution in [0.4, 0.5) is 5.95 Å². The zero-order valence-corrected chi connectivity index (χ0v) is 15.5. The molecule has 5 nitrogen and oxygen atoms in total. The van der Waals surface area contributed by atoms with Crippen LogP contribution in [0.15, 0.2) is 72.8 Å². The minimum Gasteiger partial charge on any atom is -0.508 e. The third-order valence-electron chi connectivity index (χ3n) is 5.48. The summed E-state index contributed by atoms with van der Waals surface area (Å²) in [4.78, 5) is 4.81. The molecule has 0 radical (unpaired) electrons. The number of para-hydroxylation sites is 3. The lowest BCUT2D eigenvalue weighted by atomic mass is 9.92. The normalized spacial score (nSPS) is 18.5. The van der Waals surface area contributed by atoms with Crippen molar-refractivity contribution in [3.8, 4) is 11.5 Å². The van der Waals surface area contributed by atoms with Crippen molar-refractivity contribution in [1.29, 1.82) is 0 Å². The van der Waals surface area contributed by atoms with Crippen LogP contribution < -0.4 is 10.1 Å². The number of aromatic nitrogens is 2. The number of hydrogen-bond acceptors (Lipinski definition) is 4. The zero-order valence-electron chi connectivity index (χ0n) is 15.5. The number of hydrogen-bond donors (Lipinski definition) is 2. The Hall–Kier alpha value is -3.47. The number of anilines is 1. The molecule has 2 heterocycles. The molecule has 0 amide bonds. The van der Waals surface area contributed by atoms with Gasteiger partial charge < -0.3 is 19.7 Å². The molecule has 0 saturated carbocycles. The van der Waals surface area contributed by atoms with Gasteiger partial charge in [0.15, 0.2) is 0 Å². The first-order valence-corrected chi connectivity index (χ1v) is 9.40. The molecule has 2 unspecified atom stereocenters. The molecule has 5 heteroatoms. The first kappa shape index (κ1) is 16.7. The Kier molecular flexibility index (Phi) is 3.93. The smallest absolute Gasteiger partial charge is 0.204 e. The van der Waals surface area contributed by atoms with Crippen LogP contribution in [0.5, 0.6) is 11.5 Å². The molecule has 1 aliphatic heterocycles. The van der Waals surface area contributed by atoms with Crippen LogP contribution in [-0.4, -0.2) is 21.8 Å². The Balaban J connectivity index is 1.66.